The van der Waals surface area contributed by atoms with Crippen LogP contribution in [0.25, 0.3) is 55.7 Å². The minimum atomic E-state index is -0.000802. The average Bonchev–Trinajstić information content (AvgIpc) is 3.55. The summed E-state index contributed by atoms with van der Waals surface area (Å²) in [4.78, 5) is 10.2. The molecule has 2 aromatic heterocycles. The van der Waals surface area contributed by atoms with Gasteiger partial charge in [0.25, 0.3) is 0 Å². The number of fused-ring (bicyclic) bond motifs is 5. The Morgan fingerprint density at radius 1 is 0.708 bits per heavy atom. The maximum atomic E-state index is 5.18. The van der Waals surface area contributed by atoms with Crippen LogP contribution in [-0.4, -0.2) is 14.5 Å². The zero-order chi connectivity index (χ0) is 32.6. The summed E-state index contributed by atoms with van der Waals surface area (Å²) in [7, 11) is 0. The van der Waals surface area contributed by atoms with Crippen molar-refractivity contribution in [2.24, 2.45) is 11.8 Å². The molecule has 0 saturated heterocycles. The number of aromatic nitrogens is 3. The monoisotopic (exact) mass is 621 g/mol. The van der Waals surface area contributed by atoms with Gasteiger partial charge in [-0.1, -0.05) is 131 Å². The van der Waals surface area contributed by atoms with Gasteiger partial charge in [0.05, 0.1) is 22.4 Å². The van der Waals surface area contributed by atoms with Crippen LogP contribution in [0.15, 0.2) is 139 Å². The van der Waals surface area contributed by atoms with Crippen molar-refractivity contribution in [1.29, 1.82) is 0 Å². The van der Waals surface area contributed by atoms with E-state index < -0.39 is 0 Å². The molecule has 48 heavy (non-hydrogen) atoms. The maximum absolute atomic E-state index is 5.18. The number of nitrogens with zero attached hydrogens (tertiary/aromatic N) is 3. The molecule has 0 N–H and O–H groups in total. The fraction of sp³-hybridized carbons (Fsp3) is 0.200. The Morgan fingerprint density at radius 3 is 2.21 bits per heavy atom. The number of allylic oxidation sites excluding steroid dienone is 8. The van der Waals surface area contributed by atoms with Gasteiger partial charge in [0.15, 0.2) is 5.82 Å². The summed E-state index contributed by atoms with van der Waals surface area (Å²) in [6.45, 7) is 9.45. The van der Waals surface area contributed by atoms with E-state index in [1.54, 1.807) is 0 Å². The molecule has 3 aliphatic carbocycles. The Hall–Kier alpha value is -5.28. The number of hydrogen-bond donors (Lipinski definition) is 0. The molecular weight excluding hydrogens is 583 g/mol. The van der Waals surface area contributed by atoms with Crippen LogP contribution < -0.4 is 0 Å². The van der Waals surface area contributed by atoms with E-state index >= 15 is 0 Å². The third kappa shape index (κ3) is 4.48. The van der Waals surface area contributed by atoms with Gasteiger partial charge in [0.2, 0.25) is 0 Å². The molecule has 2 heterocycles. The molecule has 234 valence electrons. The van der Waals surface area contributed by atoms with Gasteiger partial charge in [-0.3, -0.25) is 0 Å². The molecule has 3 atom stereocenters. The van der Waals surface area contributed by atoms with E-state index in [0.29, 0.717) is 5.92 Å². The average molecular weight is 622 g/mol. The SMILES string of the molecule is CC1C=CC2=C(C1)c1cc3c(cc1C2(C)C)c1ccccc1n3C1=CC(C)C(c2cc(-c3ccccc3)nc(-c3ccccc3)n2)C=C1. The molecule has 0 aliphatic heterocycles. The number of benzene rings is 4. The topological polar surface area (TPSA) is 30.7 Å². The van der Waals surface area contributed by atoms with E-state index in [4.69, 9.17) is 9.97 Å². The van der Waals surface area contributed by atoms with Crippen LogP contribution in [0.4, 0.5) is 0 Å². The molecule has 4 aromatic carbocycles. The molecule has 0 amide bonds. The molecule has 9 rings (SSSR count). The Bertz CT molecular complexity index is 2310. The van der Waals surface area contributed by atoms with Crippen LogP contribution >= 0.6 is 0 Å². The standard InChI is InChI=1S/C45H39N3/c1-28-19-22-38-35(23-28)36-26-43-37(25-39(36)45(38,3)4)34-17-11-12-18-42(34)48(43)32-20-21-33(29(2)24-32)41-27-40(30-13-7-5-8-14-30)46-44(47-41)31-15-9-6-10-16-31/h5-22,24-29,33H,23H2,1-4H3. The number of rotatable bonds is 4. The Balaban J connectivity index is 1.17. The van der Waals surface area contributed by atoms with E-state index in [2.05, 4.69) is 154 Å². The third-order valence-electron chi connectivity index (χ3n) is 10.8. The Labute approximate surface area is 282 Å². The second-order valence-electron chi connectivity index (χ2n) is 14.4. The molecule has 3 unspecified atom stereocenters. The van der Waals surface area contributed by atoms with Crippen LogP contribution in [0, 0.1) is 11.8 Å². The number of para-hydroxylation sites is 1. The molecule has 0 spiro atoms. The van der Waals surface area contributed by atoms with E-state index in [-0.39, 0.29) is 17.3 Å². The first-order valence-corrected chi connectivity index (χ1v) is 17.3. The molecule has 0 saturated carbocycles. The normalized spacial score (nSPS) is 21.1. The van der Waals surface area contributed by atoms with Crippen molar-refractivity contribution < 1.29 is 0 Å². The molecule has 3 nitrogen and oxygen atoms in total. The predicted octanol–water partition coefficient (Wildman–Crippen LogP) is 11.4. The zero-order valence-corrected chi connectivity index (χ0v) is 28.0. The van der Waals surface area contributed by atoms with Gasteiger partial charge in [0, 0.05) is 38.9 Å². The Kier molecular flexibility index (Phi) is 6.55. The van der Waals surface area contributed by atoms with Crippen LogP contribution in [-0.2, 0) is 5.41 Å². The van der Waals surface area contributed by atoms with Gasteiger partial charge in [-0.25, -0.2) is 9.97 Å². The Morgan fingerprint density at radius 2 is 1.44 bits per heavy atom. The molecule has 0 bridgehead atoms. The summed E-state index contributed by atoms with van der Waals surface area (Å²) in [5.41, 5.74) is 13.8. The second-order valence-corrected chi connectivity index (χ2v) is 14.4. The van der Waals surface area contributed by atoms with Crippen LogP contribution in [0.2, 0.25) is 0 Å². The van der Waals surface area contributed by atoms with Gasteiger partial charge in [-0.05, 0) is 70.9 Å². The van der Waals surface area contributed by atoms with E-state index in [1.807, 2.05) is 12.1 Å². The van der Waals surface area contributed by atoms with Crippen molar-refractivity contribution in [3.63, 3.8) is 0 Å². The smallest absolute Gasteiger partial charge is 0.160 e. The van der Waals surface area contributed by atoms with Gasteiger partial charge >= 0.3 is 0 Å². The minimum absolute atomic E-state index is 0.000802. The highest BCUT2D eigenvalue weighted by molar-refractivity contribution is 6.12. The summed E-state index contributed by atoms with van der Waals surface area (Å²) < 4.78 is 2.49. The second kappa shape index (κ2) is 10.9. The van der Waals surface area contributed by atoms with Crippen LogP contribution in [0.3, 0.4) is 0 Å². The van der Waals surface area contributed by atoms with E-state index in [0.717, 1.165) is 34.8 Å². The summed E-state index contributed by atoms with van der Waals surface area (Å²) in [6.07, 6.45) is 13.0. The summed E-state index contributed by atoms with van der Waals surface area (Å²) >= 11 is 0. The first-order chi connectivity index (χ1) is 23.4. The molecule has 6 aromatic rings. The van der Waals surface area contributed by atoms with Gasteiger partial charge in [0.1, 0.15) is 0 Å². The van der Waals surface area contributed by atoms with Crippen molar-refractivity contribution in [1.82, 2.24) is 14.5 Å². The molecule has 3 aliphatic rings. The quantitative estimate of drug-likeness (QED) is 0.196. The van der Waals surface area contributed by atoms with Gasteiger partial charge in [-0.15, -0.1) is 0 Å². The van der Waals surface area contributed by atoms with Crippen LogP contribution in [0.5, 0.6) is 0 Å². The fourth-order valence-corrected chi connectivity index (χ4v) is 8.34. The highest BCUT2D eigenvalue weighted by atomic mass is 15.0. The molecule has 3 heteroatoms. The lowest BCUT2D eigenvalue weighted by atomic mass is 9.79. The lowest BCUT2D eigenvalue weighted by molar-refractivity contribution is 0.619. The highest BCUT2D eigenvalue weighted by Gasteiger charge is 2.39. The minimum Gasteiger partial charge on any atom is -0.310 e. The lowest BCUT2D eigenvalue weighted by Gasteiger charge is -2.25. The van der Waals surface area contributed by atoms with Gasteiger partial charge in [-0.2, -0.15) is 0 Å². The molecule has 0 fully saturated rings. The van der Waals surface area contributed by atoms with Gasteiger partial charge < -0.3 is 4.57 Å². The lowest BCUT2D eigenvalue weighted by Crippen LogP contribution is -2.17. The first kappa shape index (κ1) is 28.9. The zero-order valence-electron chi connectivity index (χ0n) is 28.0. The number of hydrogen-bond acceptors (Lipinski definition) is 2. The first-order valence-electron chi connectivity index (χ1n) is 17.3. The third-order valence-corrected chi connectivity index (χ3v) is 10.8. The summed E-state index contributed by atoms with van der Waals surface area (Å²) in [5.74, 6) is 1.68. The van der Waals surface area contributed by atoms with Crippen molar-refractivity contribution in [2.45, 2.75) is 45.4 Å². The fourth-order valence-electron chi connectivity index (χ4n) is 8.34. The summed E-state index contributed by atoms with van der Waals surface area (Å²) in [5, 5.41) is 2.63. The van der Waals surface area contributed by atoms with Crippen molar-refractivity contribution >= 4 is 33.1 Å². The van der Waals surface area contributed by atoms with Crippen molar-refractivity contribution in [3.8, 4) is 22.6 Å². The largest absolute Gasteiger partial charge is 0.310 e. The summed E-state index contributed by atoms with van der Waals surface area (Å²) in [6, 6.07) is 36.8. The van der Waals surface area contributed by atoms with E-state index in [9.17, 15) is 0 Å². The van der Waals surface area contributed by atoms with E-state index in [1.165, 1.54) is 49.8 Å². The van der Waals surface area contributed by atoms with Crippen LogP contribution in [0.1, 0.15) is 56.9 Å². The maximum Gasteiger partial charge on any atom is 0.160 e. The van der Waals surface area contributed by atoms with Crippen molar-refractivity contribution in [2.75, 3.05) is 0 Å². The predicted molar refractivity (Wildman–Crippen MR) is 201 cm³/mol. The molecular formula is C45H39N3. The van der Waals surface area contributed by atoms with Crippen molar-refractivity contribution in [3.05, 3.63) is 156 Å². The highest BCUT2D eigenvalue weighted by Crippen LogP contribution is 2.52. The molecule has 0 radical (unpaired) electrons.